The van der Waals surface area contributed by atoms with E-state index in [1.54, 1.807) is 0 Å². The molecule has 1 unspecified atom stereocenters. The van der Waals surface area contributed by atoms with Gasteiger partial charge < -0.3 is 4.74 Å². The van der Waals surface area contributed by atoms with Gasteiger partial charge in [0.1, 0.15) is 15.8 Å². The Morgan fingerprint density at radius 2 is 2.19 bits per heavy atom. The SMILES string of the molecule is COC(=O)c1sccc1S(=O)(=O)NC1CCC(=O)NC1=O. The monoisotopic (exact) mass is 332 g/mol. The number of amides is 2. The van der Waals surface area contributed by atoms with Crippen molar-refractivity contribution in [2.24, 2.45) is 0 Å². The Kier molecular flexibility index (Phi) is 4.40. The Bertz CT molecular complexity index is 693. The van der Waals surface area contributed by atoms with Crippen LogP contribution < -0.4 is 10.0 Å². The molecule has 21 heavy (non-hydrogen) atoms. The van der Waals surface area contributed by atoms with E-state index in [-0.39, 0.29) is 22.6 Å². The van der Waals surface area contributed by atoms with E-state index in [1.807, 2.05) is 0 Å². The molecule has 1 fully saturated rings. The molecular weight excluding hydrogens is 320 g/mol. The Balaban J connectivity index is 2.23. The number of thiophene rings is 1. The molecule has 0 bridgehead atoms. The number of piperidine rings is 1. The summed E-state index contributed by atoms with van der Waals surface area (Å²) < 4.78 is 31.2. The van der Waals surface area contributed by atoms with Crippen molar-refractivity contribution >= 4 is 39.1 Å². The molecule has 2 amide bonds. The molecule has 1 atom stereocenters. The molecule has 0 aliphatic carbocycles. The van der Waals surface area contributed by atoms with E-state index in [9.17, 15) is 22.8 Å². The molecule has 1 aliphatic rings. The molecule has 1 aromatic heterocycles. The van der Waals surface area contributed by atoms with E-state index >= 15 is 0 Å². The van der Waals surface area contributed by atoms with Gasteiger partial charge in [0.2, 0.25) is 21.8 Å². The smallest absolute Gasteiger partial charge is 0.349 e. The molecule has 2 rings (SSSR count). The Morgan fingerprint density at radius 3 is 2.81 bits per heavy atom. The summed E-state index contributed by atoms with van der Waals surface area (Å²) in [5.74, 6) is -1.92. The fourth-order valence-corrected chi connectivity index (χ4v) is 4.37. The maximum Gasteiger partial charge on any atom is 0.349 e. The maximum atomic E-state index is 12.3. The topological polar surface area (TPSA) is 119 Å². The van der Waals surface area contributed by atoms with Crippen LogP contribution in [-0.4, -0.2) is 39.4 Å². The highest BCUT2D eigenvalue weighted by atomic mass is 32.2. The van der Waals surface area contributed by atoms with Crippen molar-refractivity contribution in [3.8, 4) is 0 Å². The third kappa shape index (κ3) is 3.28. The summed E-state index contributed by atoms with van der Waals surface area (Å²) in [5, 5.41) is 3.49. The minimum absolute atomic E-state index is 0.0480. The fraction of sp³-hybridized carbons (Fsp3) is 0.364. The lowest BCUT2D eigenvalue weighted by atomic mass is 10.1. The molecule has 0 radical (unpaired) electrons. The number of carbonyl (C=O) groups excluding carboxylic acids is 3. The molecule has 0 spiro atoms. The molecule has 1 aromatic rings. The number of hydrogen-bond acceptors (Lipinski definition) is 7. The fourth-order valence-electron chi connectivity index (χ4n) is 1.81. The summed E-state index contributed by atoms with van der Waals surface area (Å²) in [6, 6.07) is 0.212. The lowest BCUT2D eigenvalue weighted by Gasteiger charge is -2.21. The molecule has 2 heterocycles. The van der Waals surface area contributed by atoms with Gasteiger partial charge in [-0.2, -0.15) is 4.72 Å². The normalized spacial score (nSPS) is 19.2. The van der Waals surface area contributed by atoms with Gasteiger partial charge in [0.15, 0.2) is 0 Å². The van der Waals surface area contributed by atoms with E-state index in [0.717, 1.165) is 18.4 Å². The van der Waals surface area contributed by atoms with Gasteiger partial charge in [0.25, 0.3) is 0 Å². The molecule has 0 aromatic carbocycles. The van der Waals surface area contributed by atoms with E-state index < -0.39 is 33.8 Å². The van der Waals surface area contributed by atoms with E-state index in [0.29, 0.717) is 0 Å². The second kappa shape index (κ2) is 5.92. The average molecular weight is 332 g/mol. The van der Waals surface area contributed by atoms with Crippen molar-refractivity contribution in [2.45, 2.75) is 23.8 Å². The highest BCUT2D eigenvalue weighted by Gasteiger charge is 2.33. The van der Waals surface area contributed by atoms with E-state index in [2.05, 4.69) is 14.8 Å². The number of sulfonamides is 1. The van der Waals surface area contributed by atoms with Crippen molar-refractivity contribution in [3.63, 3.8) is 0 Å². The van der Waals surface area contributed by atoms with Crippen molar-refractivity contribution < 1.29 is 27.5 Å². The van der Waals surface area contributed by atoms with Crippen LogP contribution >= 0.6 is 11.3 Å². The first-order chi connectivity index (χ1) is 9.85. The first-order valence-electron chi connectivity index (χ1n) is 5.87. The molecule has 0 saturated carbocycles. The van der Waals surface area contributed by atoms with Crippen LogP contribution in [0.2, 0.25) is 0 Å². The van der Waals surface area contributed by atoms with Crippen LogP contribution in [0.1, 0.15) is 22.5 Å². The predicted molar refractivity (Wildman–Crippen MR) is 72.2 cm³/mol. The van der Waals surface area contributed by atoms with Crippen LogP contribution in [0.4, 0.5) is 0 Å². The van der Waals surface area contributed by atoms with E-state index in [1.165, 1.54) is 11.4 Å². The van der Waals surface area contributed by atoms with Gasteiger partial charge in [-0.1, -0.05) is 0 Å². The van der Waals surface area contributed by atoms with Gasteiger partial charge in [0.05, 0.1) is 7.11 Å². The lowest BCUT2D eigenvalue weighted by Crippen LogP contribution is -2.52. The van der Waals surface area contributed by atoms with Gasteiger partial charge in [0, 0.05) is 6.42 Å². The molecule has 2 N–H and O–H groups in total. The number of esters is 1. The molecule has 10 heteroatoms. The van der Waals surface area contributed by atoms with Gasteiger partial charge in [-0.25, -0.2) is 13.2 Å². The zero-order valence-electron chi connectivity index (χ0n) is 10.9. The van der Waals surface area contributed by atoms with Crippen LogP contribution in [0, 0.1) is 0 Å². The number of imide groups is 1. The number of nitrogens with one attached hydrogen (secondary N) is 2. The Morgan fingerprint density at radius 1 is 1.48 bits per heavy atom. The largest absolute Gasteiger partial charge is 0.465 e. The average Bonchev–Trinajstić information content (AvgIpc) is 2.91. The first-order valence-corrected chi connectivity index (χ1v) is 8.23. The van der Waals surface area contributed by atoms with Gasteiger partial charge in [-0.3, -0.25) is 14.9 Å². The summed E-state index contributed by atoms with van der Waals surface area (Å²) in [5.41, 5.74) is 0. The molecule has 1 saturated heterocycles. The standard InChI is InChI=1S/C11H12N2O6S2/c1-19-11(16)9-7(4-5-20-9)21(17,18)13-6-2-3-8(14)12-10(6)15/h4-6,13H,2-3H2,1H3,(H,12,14,15). The zero-order valence-corrected chi connectivity index (χ0v) is 12.5. The Hall–Kier alpha value is -1.78. The molecular formula is C11H12N2O6S2. The van der Waals surface area contributed by atoms with Gasteiger partial charge in [-0.05, 0) is 17.9 Å². The summed E-state index contributed by atoms with van der Waals surface area (Å²) in [7, 11) is -2.92. The van der Waals surface area contributed by atoms with Crippen molar-refractivity contribution in [2.75, 3.05) is 7.11 Å². The highest BCUT2D eigenvalue weighted by molar-refractivity contribution is 7.89. The number of rotatable bonds is 4. The third-order valence-corrected chi connectivity index (χ3v) is 5.36. The molecule has 1 aliphatic heterocycles. The van der Waals surface area contributed by atoms with Crippen LogP contribution in [0.5, 0.6) is 0 Å². The highest BCUT2D eigenvalue weighted by Crippen LogP contribution is 2.23. The maximum absolute atomic E-state index is 12.3. The second-order valence-electron chi connectivity index (χ2n) is 4.23. The summed E-state index contributed by atoms with van der Waals surface area (Å²) in [6.45, 7) is 0. The van der Waals surface area contributed by atoms with Gasteiger partial charge in [-0.15, -0.1) is 11.3 Å². The van der Waals surface area contributed by atoms with Crippen LogP contribution in [0.25, 0.3) is 0 Å². The van der Waals surface area contributed by atoms with Crippen molar-refractivity contribution in [3.05, 3.63) is 16.3 Å². The minimum atomic E-state index is -4.07. The quantitative estimate of drug-likeness (QED) is 0.573. The second-order valence-corrected chi connectivity index (χ2v) is 6.83. The number of methoxy groups -OCH3 is 1. The van der Waals surface area contributed by atoms with Crippen molar-refractivity contribution in [1.29, 1.82) is 0 Å². The Labute approximate surface area is 124 Å². The van der Waals surface area contributed by atoms with Crippen LogP contribution in [-0.2, 0) is 24.3 Å². The number of carbonyl (C=O) groups is 3. The minimum Gasteiger partial charge on any atom is -0.465 e. The summed E-state index contributed by atoms with van der Waals surface area (Å²) in [6.07, 6.45) is 0.119. The van der Waals surface area contributed by atoms with E-state index in [4.69, 9.17) is 0 Å². The summed E-state index contributed by atoms with van der Waals surface area (Å²) >= 11 is 0.924. The lowest BCUT2D eigenvalue weighted by molar-refractivity contribution is -0.134. The van der Waals surface area contributed by atoms with Crippen LogP contribution in [0.3, 0.4) is 0 Å². The third-order valence-electron chi connectivity index (χ3n) is 2.83. The summed E-state index contributed by atoms with van der Waals surface area (Å²) in [4.78, 5) is 33.8. The zero-order chi connectivity index (χ0) is 15.6. The molecule has 8 nitrogen and oxygen atoms in total. The predicted octanol–water partition coefficient (Wildman–Crippen LogP) is -0.382. The number of ether oxygens (including phenoxy) is 1. The van der Waals surface area contributed by atoms with Crippen LogP contribution in [0.15, 0.2) is 16.3 Å². The van der Waals surface area contributed by atoms with Gasteiger partial charge >= 0.3 is 5.97 Å². The molecule has 114 valence electrons. The number of hydrogen-bond donors (Lipinski definition) is 2. The van der Waals surface area contributed by atoms with Crippen molar-refractivity contribution in [1.82, 2.24) is 10.0 Å². The first kappa shape index (κ1) is 15.6.